The highest BCUT2D eigenvalue weighted by Crippen LogP contribution is 2.40. The zero-order valence-corrected chi connectivity index (χ0v) is 17.1. The lowest BCUT2D eigenvalue weighted by Crippen LogP contribution is -2.14. The van der Waals surface area contributed by atoms with Crippen molar-refractivity contribution >= 4 is 47.2 Å². The molecule has 0 atom stereocenters. The molecule has 2 aromatic carbocycles. The molecule has 0 aliphatic heterocycles. The Hall–Kier alpha value is -2.87. The molecule has 0 bridgehead atoms. The molecule has 0 spiro atoms. The number of ether oxygens (including phenoxy) is 2. The molecule has 2 N–H and O–H groups in total. The molecule has 7 nitrogen and oxygen atoms in total. The van der Waals surface area contributed by atoms with Gasteiger partial charge in [0.2, 0.25) is 0 Å². The number of carbonyl (C=O) groups is 2. The molecular weight excluding hydrogens is 419 g/mol. The predicted octanol–water partition coefficient (Wildman–Crippen LogP) is 3.83. The van der Waals surface area contributed by atoms with Crippen LogP contribution in [0.3, 0.4) is 0 Å². The number of nitrogens with zero attached hydrogens (tertiary/aromatic N) is 1. The van der Waals surface area contributed by atoms with Gasteiger partial charge in [-0.2, -0.15) is 0 Å². The summed E-state index contributed by atoms with van der Waals surface area (Å²) in [5, 5.41) is 8.99. The van der Waals surface area contributed by atoms with Crippen LogP contribution in [0, 0.1) is 0 Å². The zero-order chi connectivity index (χ0) is 21.4. The Morgan fingerprint density at radius 3 is 2.45 bits per heavy atom. The number of hydrogen-bond donors (Lipinski definition) is 2. The standard InChI is InChI=1S/C20H18Cl2N2O5/c1-28-17-9-15(21)14(19(22)20(17)29-2)10-23-11-16(25)13-6-3-12(4-7-13)5-8-18(26)24-27/h3-10,27H,11H2,1-2H3,(H,24,26)/b8-5+,23-10?. The van der Waals surface area contributed by atoms with E-state index in [9.17, 15) is 9.59 Å². The van der Waals surface area contributed by atoms with Crippen molar-refractivity contribution in [1.29, 1.82) is 0 Å². The summed E-state index contributed by atoms with van der Waals surface area (Å²) in [5.41, 5.74) is 3.06. The van der Waals surface area contributed by atoms with Crippen molar-refractivity contribution in [2.24, 2.45) is 4.99 Å². The van der Waals surface area contributed by atoms with Crippen LogP contribution in [0.25, 0.3) is 6.08 Å². The molecule has 1 amide bonds. The Bertz CT molecular complexity index is 956. The molecular formula is C20H18Cl2N2O5. The molecule has 0 unspecified atom stereocenters. The van der Waals surface area contributed by atoms with Gasteiger partial charge in [-0.05, 0) is 11.6 Å². The smallest absolute Gasteiger partial charge is 0.267 e. The number of rotatable bonds is 8. The zero-order valence-electron chi connectivity index (χ0n) is 15.6. The van der Waals surface area contributed by atoms with Crippen molar-refractivity contribution in [2.45, 2.75) is 0 Å². The minimum Gasteiger partial charge on any atom is -0.493 e. The molecule has 152 valence electrons. The van der Waals surface area contributed by atoms with Crippen molar-refractivity contribution in [2.75, 3.05) is 20.8 Å². The molecule has 29 heavy (non-hydrogen) atoms. The minimum absolute atomic E-state index is 0.108. The molecule has 0 saturated carbocycles. The lowest BCUT2D eigenvalue weighted by atomic mass is 10.1. The summed E-state index contributed by atoms with van der Waals surface area (Å²) in [6, 6.07) is 8.12. The SMILES string of the molecule is COc1cc(Cl)c(C=NCC(=O)c2ccc(/C=C/C(=O)NO)cc2)c(Cl)c1OC. The summed E-state index contributed by atoms with van der Waals surface area (Å²) in [7, 11) is 2.93. The summed E-state index contributed by atoms with van der Waals surface area (Å²) in [6.45, 7) is -0.108. The molecule has 0 saturated heterocycles. The van der Waals surface area contributed by atoms with Crippen LogP contribution in [0.5, 0.6) is 11.5 Å². The van der Waals surface area contributed by atoms with Crippen LogP contribution in [0.2, 0.25) is 10.0 Å². The Morgan fingerprint density at radius 1 is 1.17 bits per heavy atom. The first-order valence-corrected chi connectivity index (χ1v) is 9.02. The van der Waals surface area contributed by atoms with Gasteiger partial charge >= 0.3 is 0 Å². The monoisotopic (exact) mass is 436 g/mol. The molecule has 0 aromatic heterocycles. The molecule has 0 aliphatic carbocycles. The van der Waals surface area contributed by atoms with E-state index >= 15 is 0 Å². The summed E-state index contributed by atoms with van der Waals surface area (Å²) >= 11 is 12.5. The van der Waals surface area contributed by atoms with Crippen molar-refractivity contribution in [3.8, 4) is 11.5 Å². The van der Waals surface area contributed by atoms with E-state index in [1.54, 1.807) is 30.3 Å². The van der Waals surface area contributed by atoms with E-state index in [1.165, 1.54) is 32.0 Å². The quantitative estimate of drug-likeness (QED) is 0.215. The van der Waals surface area contributed by atoms with Crippen LogP contribution in [0.15, 0.2) is 41.4 Å². The van der Waals surface area contributed by atoms with Gasteiger partial charge in [0.25, 0.3) is 5.91 Å². The Kier molecular flexibility index (Phi) is 8.21. The average molecular weight is 437 g/mol. The van der Waals surface area contributed by atoms with Crippen LogP contribution in [-0.4, -0.2) is 43.9 Å². The lowest BCUT2D eigenvalue weighted by Gasteiger charge is -2.12. The highest BCUT2D eigenvalue weighted by Gasteiger charge is 2.16. The van der Waals surface area contributed by atoms with E-state index in [4.69, 9.17) is 37.9 Å². The van der Waals surface area contributed by atoms with E-state index in [2.05, 4.69) is 4.99 Å². The summed E-state index contributed by atoms with van der Waals surface area (Å²) in [6.07, 6.45) is 4.08. The number of nitrogens with one attached hydrogen (secondary N) is 1. The van der Waals surface area contributed by atoms with Gasteiger partial charge in [-0.15, -0.1) is 0 Å². The molecule has 2 aromatic rings. The van der Waals surface area contributed by atoms with Gasteiger partial charge in [0.15, 0.2) is 17.3 Å². The number of benzene rings is 2. The van der Waals surface area contributed by atoms with Gasteiger partial charge in [-0.1, -0.05) is 47.5 Å². The number of carbonyl (C=O) groups excluding carboxylic acids is 2. The number of aliphatic imine (C=N–C) groups is 1. The van der Waals surface area contributed by atoms with Gasteiger partial charge in [-0.25, -0.2) is 5.48 Å². The number of methoxy groups -OCH3 is 2. The van der Waals surface area contributed by atoms with E-state index in [1.807, 2.05) is 0 Å². The van der Waals surface area contributed by atoms with Crippen molar-refractivity contribution in [1.82, 2.24) is 5.48 Å². The van der Waals surface area contributed by atoms with Crippen molar-refractivity contribution in [3.63, 3.8) is 0 Å². The van der Waals surface area contributed by atoms with Gasteiger partial charge < -0.3 is 9.47 Å². The molecule has 0 radical (unpaired) electrons. The summed E-state index contributed by atoms with van der Waals surface area (Å²) < 4.78 is 10.4. The Balaban J connectivity index is 2.10. The minimum atomic E-state index is -0.646. The normalized spacial score (nSPS) is 11.1. The Labute approximate surface area is 177 Å². The molecule has 0 heterocycles. The van der Waals surface area contributed by atoms with E-state index in [0.29, 0.717) is 33.2 Å². The predicted molar refractivity (Wildman–Crippen MR) is 112 cm³/mol. The number of hydrogen-bond acceptors (Lipinski definition) is 6. The number of Topliss-reactive ketones (excluding diaryl/α,β-unsaturated/α-hetero) is 1. The maximum Gasteiger partial charge on any atom is 0.267 e. The first kappa shape index (κ1) is 22.4. The first-order valence-electron chi connectivity index (χ1n) is 8.26. The fraction of sp³-hybridized carbons (Fsp3) is 0.150. The largest absolute Gasteiger partial charge is 0.493 e. The fourth-order valence-electron chi connectivity index (χ4n) is 2.35. The maximum absolute atomic E-state index is 12.3. The van der Waals surface area contributed by atoms with E-state index < -0.39 is 5.91 Å². The second-order valence-corrected chi connectivity index (χ2v) is 6.43. The third-order valence-corrected chi connectivity index (χ3v) is 4.51. The van der Waals surface area contributed by atoms with Crippen molar-refractivity contribution in [3.05, 3.63) is 63.1 Å². The van der Waals surface area contributed by atoms with Crippen LogP contribution in [0.4, 0.5) is 0 Å². The van der Waals surface area contributed by atoms with Gasteiger partial charge in [0.1, 0.15) is 6.54 Å². The third kappa shape index (κ3) is 5.80. The van der Waals surface area contributed by atoms with Crippen LogP contribution >= 0.6 is 23.2 Å². The van der Waals surface area contributed by atoms with Gasteiger partial charge in [0, 0.05) is 29.5 Å². The second kappa shape index (κ2) is 10.6. The highest BCUT2D eigenvalue weighted by atomic mass is 35.5. The lowest BCUT2D eigenvalue weighted by molar-refractivity contribution is -0.124. The third-order valence-electron chi connectivity index (χ3n) is 3.82. The number of halogens is 2. The molecule has 0 aliphatic rings. The average Bonchev–Trinajstić information content (AvgIpc) is 2.73. The fourth-order valence-corrected chi connectivity index (χ4v) is 2.97. The maximum atomic E-state index is 12.3. The topological polar surface area (TPSA) is 97.2 Å². The van der Waals surface area contributed by atoms with E-state index in [0.717, 1.165) is 6.08 Å². The molecule has 0 fully saturated rings. The van der Waals surface area contributed by atoms with Crippen LogP contribution < -0.4 is 15.0 Å². The van der Waals surface area contributed by atoms with Crippen molar-refractivity contribution < 1.29 is 24.3 Å². The number of hydroxylamine groups is 1. The van der Waals surface area contributed by atoms with Crippen LogP contribution in [-0.2, 0) is 4.79 Å². The van der Waals surface area contributed by atoms with E-state index in [-0.39, 0.29) is 17.4 Å². The highest BCUT2D eigenvalue weighted by molar-refractivity contribution is 6.40. The molecule has 9 heteroatoms. The summed E-state index contributed by atoms with van der Waals surface area (Å²) in [5.74, 6) is -0.143. The number of amides is 1. The summed E-state index contributed by atoms with van der Waals surface area (Å²) in [4.78, 5) is 27.4. The Morgan fingerprint density at radius 2 is 1.86 bits per heavy atom. The van der Waals surface area contributed by atoms with Gasteiger partial charge in [-0.3, -0.25) is 19.8 Å². The molecule has 2 rings (SSSR count). The number of ketones is 1. The van der Waals surface area contributed by atoms with Gasteiger partial charge in [0.05, 0.1) is 24.3 Å². The first-order chi connectivity index (χ1) is 13.9. The second-order valence-electron chi connectivity index (χ2n) is 5.65. The van der Waals surface area contributed by atoms with Crippen LogP contribution in [0.1, 0.15) is 21.5 Å².